The molecule has 0 unspecified atom stereocenters. The minimum Gasteiger partial charge on any atom is -0.465 e. The second-order valence-corrected chi connectivity index (χ2v) is 1.50. The summed E-state index contributed by atoms with van der Waals surface area (Å²) >= 11 is 0. The van der Waals surface area contributed by atoms with Gasteiger partial charge < -0.3 is 4.74 Å². The molecule has 0 aromatic rings. The highest BCUT2D eigenvalue weighted by molar-refractivity contribution is 5.20. The van der Waals surface area contributed by atoms with E-state index in [4.69, 9.17) is 4.74 Å². The molecule has 1 aliphatic rings. The van der Waals surface area contributed by atoms with Gasteiger partial charge in [-0.1, -0.05) is 6.08 Å². The van der Waals surface area contributed by atoms with Gasteiger partial charge in [0.05, 0.1) is 6.26 Å². The standard InChI is InChI=1S/C7H8O/c1-2-7-5-3-4-6-8-7/h2-6H,1H3/b7-2+. The molecular weight excluding hydrogens is 100 g/mol. The maximum absolute atomic E-state index is 5.02. The first-order chi connectivity index (χ1) is 3.93. The molecule has 0 amide bonds. The van der Waals surface area contributed by atoms with Crippen LogP contribution >= 0.6 is 0 Å². The van der Waals surface area contributed by atoms with Crippen molar-refractivity contribution in [3.63, 3.8) is 0 Å². The summed E-state index contributed by atoms with van der Waals surface area (Å²) in [5.74, 6) is 0.910. The number of hydrogen-bond acceptors (Lipinski definition) is 1. The predicted octanol–water partition coefficient (Wildman–Crippen LogP) is 1.99. The molecule has 1 heteroatoms. The van der Waals surface area contributed by atoms with Gasteiger partial charge in [0.15, 0.2) is 0 Å². The van der Waals surface area contributed by atoms with Crippen LogP contribution in [-0.4, -0.2) is 0 Å². The predicted molar refractivity (Wildman–Crippen MR) is 33.1 cm³/mol. The highest BCUT2D eigenvalue weighted by Gasteiger charge is 1.88. The third-order valence-corrected chi connectivity index (χ3v) is 0.939. The zero-order valence-electron chi connectivity index (χ0n) is 4.79. The molecule has 0 fully saturated rings. The minimum atomic E-state index is 0.910. The topological polar surface area (TPSA) is 9.23 Å². The van der Waals surface area contributed by atoms with Crippen LogP contribution < -0.4 is 0 Å². The van der Waals surface area contributed by atoms with Crippen LogP contribution in [0.4, 0.5) is 0 Å². The van der Waals surface area contributed by atoms with E-state index < -0.39 is 0 Å². The SMILES string of the molecule is C/C=C1\C=CC=CO1. The summed E-state index contributed by atoms with van der Waals surface area (Å²) in [5.41, 5.74) is 0. The fourth-order valence-corrected chi connectivity index (χ4v) is 0.517. The van der Waals surface area contributed by atoms with Crippen molar-refractivity contribution in [1.82, 2.24) is 0 Å². The molecule has 0 atom stereocenters. The van der Waals surface area contributed by atoms with Crippen LogP contribution in [0.25, 0.3) is 0 Å². The number of ether oxygens (including phenoxy) is 1. The maximum Gasteiger partial charge on any atom is 0.122 e. The van der Waals surface area contributed by atoms with Gasteiger partial charge in [0.25, 0.3) is 0 Å². The van der Waals surface area contributed by atoms with E-state index in [1.807, 2.05) is 31.2 Å². The summed E-state index contributed by atoms with van der Waals surface area (Å²) in [4.78, 5) is 0. The molecule has 0 N–H and O–H groups in total. The average molecular weight is 108 g/mol. The lowest BCUT2D eigenvalue weighted by atomic mass is 10.3. The van der Waals surface area contributed by atoms with Crippen molar-refractivity contribution in [1.29, 1.82) is 0 Å². The number of rotatable bonds is 0. The van der Waals surface area contributed by atoms with E-state index in [9.17, 15) is 0 Å². The quantitative estimate of drug-likeness (QED) is 0.461. The summed E-state index contributed by atoms with van der Waals surface area (Å²) in [5, 5.41) is 0. The third kappa shape index (κ3) is 0.997. The number of allylic oxidation sites excluding steroid dienone is 4. The highest BCUT2D eigenvalue weighted by Crippen LogP contribution is 2.04. The molecule has 42 valence electrons. The van der Waals surface area contributed by atoms with Crippen molar-refractivity contribution in [2.45, 2.75) is 6.92 Å². The smallest absolute Gasteiger partial charge is 0.122 e. The molecule has 1 rings (SSSR count). The Bertz CT molecular complexity index is 152. The Kier molecular flexibility index (Phi) is 1.52. The molecule has 0 saturated heterocycles. The van der Waals surface area contributed by atoms with Crippen LogP contribution in [0.5, 0.6) is 0 Å². The molecule has 0 saturated carbocycles. The van der Waals surface area contributed by atoms with Crippen LogP contribution in [-0.2, 0) is 4.74 Å². The molecule has 0 aromatic carbocycles. The van der Waals surface area contributed by atoms with E-state index in [1.165, 1.54) is 0 Å². The largest absolute Gasteiger partial charge is 0.465 e. The lowest BCUT2D eigenvalue weighted by Gasteiger charge is -2.00. The Morgan fingerprint density at radius 3 is 2.75 bits per heavy atom. The summed E-state index contributed by atoms with van der Waals surface area (Å²) in [7, 11) is 0. The molecule has 1 heterocycles. The monoisotopic (exact) mass is 108 g/mol. The van der Waals surface area contributed by atoms with Crippen LogP contribution in [0.15, 0.2) is 36.3 Å². The second-order valence-electron chi connectivity index (χ2n) is 1.50. The van der Waals surface area contributed by atoms with E-state index in [2.05, 4.69) is 0 Å². The van der Waals surface area contributed by atoms with Gasteiger partial charge in [-0.25, -0.2) is 0 Å². The van der Waals surface area contributed by atoms with Crippen molar-refractivity contribution in [3.8, 4) is 0 Å². The van der Waals surface area contributed by atoms with Gasteiger partial charge in [-0.05, 0) is 25.2 Å². The molecule has 8 heavy (non-hydrogen) atoms. The Balaban J connectivity index is 2.66. The van der Waals surface area contributed by atoms with Gasteiger partial charge in [0.2, 0.25) is 0 Å². The van der Waals surface area contributed by atoms with Crippen molar-refractivity contribution < 1.29 is 4.74 Å². The summed E-state index contributed by atoms with van der Waals surface area (Å²) < 4.78 is 5.02. The first-order valence-corrected chi connectivity index (χ1v) is 2.59. The summed E-state index contributed by atoms with van der Waals surface area (Å²) in [6.07, 6.45) is 9.29. The minimum absolute atomic E-state index is 0.910. The third-order valence-electron chi connectivity index (χ3n) is 0.939. The summed E-state index contributed by atoms with van der Waals surface area (Å²) in [6.45, 7) is 1.94. The molecule has 0 radical (unpaired) electrons. The lowest BCUT2D eigenvalue weighted by Crippen LogP contribution is -1.81. The number of hydrogen-bond donors (Lipinski definition) is 0. The second kappa shape index (κ2) is 2.36. The van der Waals surface area contributed by atoms with E-state index in [0.717, 1.165) is 5.76 Å². The van der Waals surface area contributed by atoms with Gasteiger partial charge in [-0.2, -0.15) is 0 Å². The van der Waals surface area contributed by atoms with Gasteiger partial charge in [-0.3, -0.25) is 0 Å². The van der Waals surface area contributed by atoms with Gasteiger partial charge >= 0.3 is 0 Å². The van der Waals surface area contributed by atoms with Crippen LogP contribution in [0.1, 0.15) is 6.92 Å². The molecule has 1 nitrogen and oxygen atoms in total. The van der Waals surface area contributed by atoms with Crippen LogP contribution in [0.2, 0.25) is 0 Å². The first kappa shape index (κ1) is 5.16. The zero-order valence-corrected chi connectivity index (χ0v) is 4.79. The van der Waals surface area contributed by atoms with E-state index in [0.29, 0.717) is 0 Å². The average Bonchev–Trinajstić information content (AvgIpc) is 1.90. The van der Waals surface area contributed by atoms with Gasteiger partial charge in [0, 0.05) is 0 Å². The van der Waals surface area contributed by atoms with Crippen molar-refractivity contribution >= 4 is 0 Å². The van der Waals surface area contributed by atoms with E-state index in [1.54, 1.807) is 6.26 Å². The molecule has 0 aromatic heterocycles. The maximum atomic E-state index is 5.02. The van der Waals surface area contributed by atoms with E-state index >= 15 is 0 Å². The van der Waals surface area contributed by atoms with Crippen molar-refractivity contribution in [2.75, 3.05) is 0 Å². The highest BCUT2D eigenvalue weighted by atomic mass is 16.5. The molecule has 1 aliphatic heterocycles. The Labute approximate surface area is 49.0 Å². The molecule has 0 bridgehead atoms. The van der Waals surface area contributed by atoms with Crippen LogP contribution in [0.3, 0.4) is 0 Å². The fraction of sp³-hybridized carbons (Fsp3) is 0.143. The summed E-state index contributed by atoms with van der Waals surface area (Å²) in [6, 6.07) is 0. The van der Waals surface area contributed by atoms with Crippen LogP contribution in [0, 0.1) is 0 Å². The van der Waals surface area contributed by atoms with Crippen molar-refractivity contribution in [2.24, 2.45) is 0 Å². The normalized spacial score (nSPS) is 21.4. The molecule has 0 spiro atoms. The van der Waals surface area contributed by atoms with E-state index in [-0.39, 0.29) is 0 Å². The zero-order chi connectivity index (χ0) is 5.82. The Hall–Kier alpha value is -0.980. The Morgan fingerprint density at radius 2 is 2.38 bits per heavy atom. The first-order valence-electron chi connectivity index (χ1n) is 2.59. The Morgan fingerprint density at radius 1 is 1.50 bits per heavy atom. The van der Waals surface area contributed by atoms with Crippen molar-refractivity contribution in [3.05, 3.63) is 36.3 Å². The molecule has 0 aliphatic carbocycles. The molecular formula is C7H8O. The fourth-order valence-electron chi connectivity index (χ4n) is 0.517. The van der Waals surface area contributed by atoms with Gasteiger partial charge in [0.1, 0.15) is 5.76 Å². The van der Waals surface area contributed by atoms with Gasteiger partial charge in [-0.15, -0.1) is 0 Å². The lowest BCUT2D eigenvalue weighted by molar-refractivity contribution is 0.364.